The fourth-order valence-electron chi connectivity index (χ4n) is 2.69. The van der Waals surface area contributed by atoms with Crippen molar-refractivity contribution in [1.82, 2.24) is 20.2 Å². The number of ether oxygens (including phenoxy) is 1. The van der Waals surface area contributed by atoms with Gasteiger partial charge in [-0.15, -0.1) is 11.3 Å². The fourth-order valence-corrected chi connectivity index (χ4v) is 3.40. The summed E-state index contributed by atoms with van der Waals surface area (Å²) in [7, 11) is 0. The van der Waals surface area contributed by atoms with E-state index in [-0.39, 0.29) is 12.1 Å². The van der Waals surface area contributed by atoms with Crippen LogP contribution >= 0.6 is 11.3 Å². The summed E-state index contributed by atoms with van der Waals surface area (Å²) in [5.41, 5.74) is 1.85. The van der Waals surface area contributed by atoms with Crippen molar-refractivity contribution in [2.45, 2.75) is 39.0 Å². The molecule has 0 radical (unpaired) electrons. The Hall–Kier alpha value is -1.99. The van der Waals surface area contributed by atoms with Crippen LogP contribution in [0.4, 0.5) is 4.79 Å². The molecule has 2 amide bonds. The second-order valence-corrected chi connectivity index (χ2v) is 6.82. The molecule has 1 atom stereocenters. The largest absolute Gasteiger partial charge is 0.376 e. The molecule has 1 aliphatic heterocycles. The second-order valence-electron chi connectivity index (χ2n) is 5.88. The number of hydrogen-bond donors (Lipinski definition) is 1. The summed E-state index contributed by atoms with van der Waals surface area (Å²) in [5.74, 6) is 0. The minimum atomic E-state index is -0.107. The molecule has 128 valence electrons. The normalized spacial score (nSPS) is 17.0. The lowest BCUT2D eigenvalue weighted by molar-refractivity contribution is 0.0791. The summed E-state index contributed by atoms with van der Waals surface area (Å²) < 4.78 is 5.69. The summed E-state index contributed by atoms with van der Waals surface area (Å²) >= 11 is 1.56. The molecule has 0 saturated carbocycles. The van der Waals surface area contributed by atoms with E-state index >= 15 is 0 Å². The van der Waals surface area contributed by atoms with E-state index in [1.54, 1.807) is 22.4 Å². The molecular weight excluding hydrogens is 324 g/mol. The fraction of sp³-hybridized carbons (Fsp3) is 0.471. The third-order valence-corrected chi connectivity index (χ3v) is 4.84. The van der Waals surface area contributed by atoms with Gasteiger partial charge in [-0.2, -0.15) is 0 Å². The molecule has 6 nitrogen and oxygen atoms in total. The van der Waals surface area contributed by atoms with Crippen molar-refractivity contribution in [3.8, 4) is 0 Å². The van der Waals surface area contributed by atoms with Crippen LogP contribution in [-0.4, -0.2) is 40.2 Å². The lowest BCUT2D eigenvalue weighted by Crippen LogP contribution is -2.43. The van der Waals surface area contributed by atoms with Crippen molar-refractivity contribution in [2.75, 3.05) is 13.2 Å². The zero-order chi connectivity index (χ0) is 16.8. The highest BCUT2D eigenvalue weighted by molar-refractivity contribution is 7.09. The molecule has 1 fully saturated rings. The second kappa shape index (κ2) is 8.21. The first-order chi connectivity index (χ1) is 11.7. The Balaban J connectivity index is 1.61. The Bertz CT molecular complexity index is 656. The van der Waals surface area contributed by atoms with Gasteiger partial charge in [-0.1, -0.05) is 6.07 Å². The third kappa shape index (κ3) is 4.75. The van der Waals surface area contributed by atoms with Crippen molar-refractivity contribution in [3.63, 3.8) is 0 Å². The summed E-state index contributed by atoms with van der Waals surface area (Å²) in [6.07, 6.45) is 3.91. The number of amides is 2. The predicted molar refractivity (Wildman–Crippen MR) is 92.7 cm³/mol. The van der Waals surface area contributed by atoms with Crippen LogP contribution < -0.4 is 5.32 Å². The molecule has 1 aliphatic rings. The van der Waals surface area contributed by atoms with Gasteiger partial charge in [0.25, 0.3) is 0 Å². The molecule has 2 aromatic rings. The van der Waals surface area contributed by atoms with Crippen LogP contribution in [0, 0.1) is 6.92 Å². The highest BCUT2D eigenvalue weighted by Gasteiger charge is 2.23. The minimum Gasteiger partial charge on any atom is -0.376 e. The van der Waals surface area contributed by atoms with Crippen LogP contribution in [0.5, 0.6) is 0 Å². The van der Waals surface area contributed by atoms with Crippen molar-refractivity contribution in [1.29, 1.82) is 0 Å². The number of aromatic nitrogens is 2. The standard InChI is InChI=1S/C17H22N4O2S/c1-13-12-24-16(20-13)9-19-17(22)21(11-15-6-4-8-23-15)10-14-5-2-3-7-18-14/h2-3,5,7,12,15H,4,6,8-11H2,1H3,(H,19,22)/t15-/m0/s1. The van der Waals surface area contributed by atoms with Crippen molar-refractivity contribution in [2.24, 2.45) is 0 Å². The smallest absolute Gasteiger partial charge is 0.318 e. The Morgan fingerprint density at radius 3 is 3.08 bits per heavy atom. The zero-order valence-corrected chi connectivity index (χ0v) is 14.6. The molecule has 0 aromatic carbocycles. The van der Waals surface area contributed by atoms with E-state index in [9.17, 15) is 4.79 Å². The van der Waals surface area contributed by atoms with Gasteiger partial charge < -0.3 is 15.0 Å². The van der Waals surface area contributed by atoms with Crippen molar-refractivity contribution < 1.29 is 9.53 Å². The minimum absolute atomic E-state index is 0.107. The molecule has 24 heavy (non-hydrogen) atoms. The number of aryl methyl sites for hydroxylation is 1. The predicted octanol–water partition coefficient (Wildman–Crippen LogP) is 2.74. The first-order valence-corrected chi connectivity index (χ1v) is 9.04. The van der Waals surface area contributed by atoms with E-state index < -0.39 is 0 Å². The molecule has 1 N–H and O–H groups in total. The lowest BCUT2D eigenvalue weighted by atomic mass is 10.2. The van der Waals surface area contributed by atoms with Gasteiger partial charge in [-0.05, 0) is 31.9 Å². The van der Waals surface area contributed by atoms with E-state index in [1.807, 2.05) is 30.5 Å². The number of carbonyl (C=O) groups is 1. The molecule has 7 heteroatoms. The van der Waals surface area contributed by atoms with Gasteiger partial charge in [-0.25, -0.2) is 9.78 Å². The van der Waals surface area contributed by atoms with Crippen LogP contribution in [0.15, 0.2) is 29.8 Å². The van der Waals surface area contributed by atoms with E-state index in [1.165, 1.54) is 0 Å². The summed E-state index contributed by atoms with van der Waals surface area (Å²) in [6, 6.07) is 5.63. The zero-order valence-electron chi connectivity index (χ0n) is 13.8. The number of thiazole rings is 1. The Morgan fingerprint density at radius 2 is 2.42 bits per heavy atom. The average molecular weight is 346 g/mol. The molecule has 3 heterocycles. The van der Waals surface area contributed by atoms with Gasteiger partial charge in [-0.3, -0.25) is 4.98 Å². The highest BCUT2D eigenvalue weighted by Crippen LogP contribution is 2.15. The molecule has 0 aliphatic carbocycles. The first-order valence-electron chi connectivity index (χ1n) is 8.16. The van der Waals surface area contributed by atoms with Crippen molar-refractivity contribution >= 4 is 17.4 Å². The van der Waals surface area contributed by atoms with E-state index in [0.29, 0.717) is 19.6 Å². The van der Waals surface area contributed by atoms with Crippen LogP contribution in [0.25, 0.3) is 0 Å². The maximum atomic E-state index is 12.6. The van der Waals surface area contributed by atoms with Gasteiger partial charge in [0.15, 0.2) is 0 Å². The monoisotopic (exact) mass is 346 g/mol. The first kappa shape index (κ1) is 16.9. The van der Waals surface area contributed by atoms with Crippen LogP contribution in [0.1, 0.15) is 29.2 Å². The molecule has 2 aromatic heterocycles. The number of hydrogen-bond acceptors (Lipinski definition) is 5. The topological polar surface area (TPSA) is 67.4 Å². The Labute approximate surface area is 145 Å². The number of pyridine rings is 1. The molecular formula is C17H22N4O2S. The Kier molecular flexibility index (Phi) is 5.77. The van der Waals surface area contributed by atoms with Gasteiger partial charge >= 0.3 is 6.03 Å². The summed E-state index contributed by atoms with van der Waals surface area (Å²) in [5, 5.41) is 5.86. The van der Waals surface area contributed by atoms with Gasteiger partial charge in [0.2, 0.25) is 0 Å². The van der Waals surface area contributed by atoms with E-state index in [0.717, 1.165) is 35.8 Å². The molecule has 0 bridgehead atoms. The SMILES string of the molecule is Cc1csc(CNC(=O)N(Cc2ccccn2)C[C@@H]2CCCO2)n1. The number of urea groups is 1. The average Bonchev–Trinajstić information content (AvgIpc) is 3.24. The third-order valence-electron chi connectivity index (χ3n) is 3.87. The highest BCUT2D eigenvalue weighted by atomic mass is 32.1. The molecule has 0 spiro atoms. The number of nitrogens with zero attached hydrogens (tertiary/aromatic N) is 3. The van der Waals surface area contributed by atoms with E-state index in [4.69, 9.17) is 4.74 Å². The van der Waals surface area contributed by atoms with Crippen molar-refractivity contribution in [3.05, 3.63) is 46.2 Å². The number of nitrogens with one attached hydrogen (secondary N) is 1. The quantitative estimate of drug-likeness (QED) is 0.873. The van der Waals surface area contributed by atoms with Gasteiger partial charge in [0.1, 0.15) is 5.01 Å². The maximum absolute atomic E-state index is 12.6. The van der Waals surface area contributed by atoms with Gasteiger partial charge in [0.05, 0.1) is 24.9 Å². The molecule has 0 unspecified atom stereocenters. The van der Waals surface area contributed by atoms with E-state index in [2.05, 4.69) is 15.3 Å². The van der Waals surface area contributed by atoms with Crippen LogP contribution in [0.2, 0.25) is 0 Å². The molecule has 1 saturated heterocycles. The maximum Gasteiger partial charge on any atom is 0.318 e. The summed E-state index contributed by atoms with van der Waals surface area (Å²) in [6.45, 7) is 4.24. The number of carbonyl (C=O) groups excluding carboxylic acids is 1. The van der Waals surface area contributed by atoms with Gasteiger partial charge in [0, 0.05) is 30.4 Å². The Morgan fingerprint density at radius 1 is 1.50 bits per heavy atom. The molecule has 3 rings (SSSR count). The number of rotatable bonds is 6. The summed E-state index contributed by atoms with van der Waals surface area (Å²) in [4.78, 5) is 23.1. The van der Waals surface area contributed by atoms with Crippen LogP contribution in [0.3, 0.4) is 0 Å². The van der Waals surface area contributed by atoms with Crippen LogP contribution in [-0.2, 0) is 17.8 Å². The lowest BCUT2D eigenvalue weighted by Gasteiger charge is -2.25.